The first-order valence-corrected chi connectivity index (χ1v) is 9.76. The van der Waals surface area contributed by atoms with Crippen LogP contribution in [0.15, 0.2) is 65.6 Å². The number of benzene rings is 2. The number of hydrogen-bond acceptors (Lipinski definition) is 7. The molecule has 27 heavy (non-hydrogen) atoms. The minimum Gasteiger partial charge on any atom is -0.438 e. The monoisotopic (exact) mass is 380 g/mol. The molecule has 0 aliphatic rings. The maximum atomic E-state index is 11.5. The van der Waals surface area contributed by atoms with Crippen LogP contribution in [0.25, 0.3) is 0 Å². The van der Waals surface area contributed by atoms with Gasteiger partial charge in [-0.3, -0.25) is 0 Å². The molecule has 0 radical (unpaired) electrons. The van der Waals surface area contributed by atoms with Gasteiger partial charge >= 0.3 is 0 Å². The minimum atomic E-state index is -3.27. The van der Waals surface area contributed by atoms with Gasteiger partial charge in [-0.05, 0) is 36.4 Å². The van der Waals surface area contributed by atoms with E-state index in [4.69, 9.17) is 10.5 Å². The van der Waals surface area contributed by atoms with Crippen LogP contribution < -0.4 is 15.8 Å². The Bertz CT molecular complexity index is 1110. The second kappa shape index (κ2) is 7.35. The van der Waals surface area contributed by atoms with Gasteiger partial charge in [0.1, 0.15) is 23.2 Å². The Hall–Kier alpha value is -3.57. The molecule has 3 aromatic rings. The lowest BCUT2D eigenvalue weighted by atomic mass is 10.2. The van der Waals surface area contributed by atoms with Gasteiger partial charge in [0, 0.05) is 18.0 Å². The van der Waals surface area contributed by atoms with E-state index in [0.29, 0.717) is 17.3 Å². The number of ether oxygens (including phenoxy) is 1. The van der Waals surface area contributed by atoms with E-state index in [1.807, 2.05) is 12.1 Å². The van der Waals surface area contributed by atoms with Gasteiger partial charge in [0.2, 0.25) is 5.88 Å². The molecule has 0 fully saturated rings. The molecule has 0 aliphatic heterocycles. The van der Waals surface area contributed by atoms with Gasteiger partial charge in [-0.15, -0.1) is 0 Å². The third kappa shape index (κ3) is 4.34. The number of hydrogen-bond donors (Lipinski definition) is 2. The lowest BCUT2D eigenvalue weighted by Crippen LogP contribution is -2.02. The second-order valence-corrected chi connectivity index (χ2v) is 7.74. The number of sulfone groups is 1. The zero-order valence-electron chi connectivity index (χ0n) is 14.4. The molecule has 0 aliphatic carbocycles. The number of nitriles is 1. The zero-order valence-corrected chi connectivity index (χ0v) is 15.2. The van der Waals surface area contributed by atoms with E-state index < -0.39 is 9.84 Å². The Morgan fingerprint density at radius 1 is 1.11 bits per heavy atom. The predicted octanol–water partition coefficient (Wildman–Crippen LogP) is 3.47. The van der Waals surface area contributed by atoms with Crippen molar-refractivity contribution in [3.63, 3.8) is 0 Å². The Balaban J connectivity index is 1.91. The van der Waals surface area contributed by atoms with Crippen LogP contribution in [0.4, 0.5) is 17.2 Å². The van der Waals surface area contributed by atoms with E-state index in [1.54, 1.807) is 36.4 Å². The Labute approximate surface area is 157 Å². The summed E-state index contributed by atoms with van der Waals surface area (Å²) in [5.41, 5.74) is 6.93. The molecule has 0 atom stereocenters. The van der Waals surface area contributed by atoms with Crippen molar-refractivity contribution in [1.82, 2.24) is 4.98 Å². The molecule has 0 saturated heterocycles. The van der Waals surface area contributed by atoms with Gasteiger partial charge in [0.15, 0.2) is 9.84 Å². The van der Waals surface area contributed by atoms with Crippen molar-refractivity contribution >= 4 is 27.0 Å². The van der Waals surface area contributed by atoms with Crippen LogP contribution in [0, 0.1) is 11.3 Å². The van der Waals surface area contributed by atoms with E-state index in [-0.39, 0.29) is 22.0 Å². The van der Waals surface area contributed by atoms with Crippen molar-refractivity contribution in [3.8, 4) is 17.7 Å². The summed E-state index contributed by atoms with van der Waals surface area (Å²) >= 11 is 0. The number of nitrogen functional groups attached to an aromatic ring is 1. The summed E-state index contributed by atoms with van der Waals surface area (Å²) in [7, 11) is -3.27. The molecule has 2 aromatic carbocycles. The zero-order chi connectivity index (χ0) is 19.4. The Morgan fingerprint density at radius 3 is 2.37 bits per heavy atom. The summed E-state index contributed by atoms with van der Waals surface area (Å²) in [6.45, 7) is 0. The fraction of sp³-hybridized carbons (Fsp3) is 0.0526. The van der Waals surface area contributed by atoms with Crippen molar-refractivity contribution in [3.05, 3.63) is 66.2 Å². The van der Waals surface area contributed by atoms with Crippen LogP contribution in [-0.4, -0.2) is 19.7 Å². The molecule has 8 heteroatoms. The standard InChI is InChI=1S/C19H16N4O3S/c1-27(24,25)15-9-7-13(8-10-15)22-18-11-17(21)16(12-20)19(23-18)26-14-5-3-2-4-6-14/h2-11H,1H3,(H3,21,22,23). The van der Waals surface area contributed by atoms with Crippen molar-refractivity contribution in [2.75, 3.05) is 17.3 Å². The van der Waals surface area contributed by atoms with Gasteiger partial charge in [0.05, 0.1) is 10.6 Å². The smallest absolute Gasteiger partial charge is 0.241 e. The van der Waals surface area contributed by atoms with E-state index in [1.165, 1.54) is 18.2 Å². The quantitative estimate of drug-likeness (QED) is 0.695. The van der Waals surface area contributed by atoms with Crippen LogP contribution in [0.1, 0.15) is 5.56 Å². The highest BCUT2D eigenvalue weighted by Crippen LogP contribution is 2.30. The minimum absolute atomic E-state index is 0.0824. The number of rotatable bonds is 5. The SMILES string of the molecule is CS(=O)(=O)c1ccc(Nc2cc(N)c(C#N)c(Oc3ccccc3)n2)cc1. The summed E-state index contributed by atoms with van der Waals surface area (Å²) in [4.78, 5) is 4.53. The fourth-order valence-electron chi connectivity index (χ4n) is 2.32. The highest BCUT2D eigenvalue weighted by atomic mass is 32.2. The summed E-state index contributed by atoms with van der Waals surface area (Å²) in [5.74, 6) is 0.971. The molecule has 0 saturated carbocycles. The number of pyridine rings is 1. The molecule has 0 bridgehead atoms. The normalized spacial score (nSPS) is 10.8. The molecule has 1 aromatic heterocycles. The van der Waals surface area contributed by atoms with E-state index in [9.17, 15) is 13.7 Å². The van der Waals surface area contributed by atoms with Gasteiger partial charge in [-0.25, -0.2) is 8.42 Å². The summed E-state index contributed by atoms with van der Waals surface area (Å²) in [6.07, 6.45) is 1.14. The van der Waals surface area contributed by atoms with Crippen molar-refractivity contribution in [2.45, 2.75) is 4.90 Å². The first kappa shape index (κ1) is 18.2. The van der Waals surface area contributed by atoms with Crippen molar-refractivity contribution in [1.29, 1.82) is 5.26 Å². The van der Waals surface area contributed by atoms with Crippen LogP contribution >= 0.6 is 0 Å². The molecule has 1 heterocycles. The first-order chi connectivity index (χ1) is 12.9. The molecular formula is C19H16N4O3S. The highest BCUT2D eigenvalue weighted by Gasteiger charge is 2.14. The van der Waals surface area contributed by atoms with Crippen LogP contribution in [-0.2, 0) is 9.84 Å². The van der Waals surface area contributed by atoms with Crippen molar-refractivity contribution in [2.24, 2.45) is 0 Å². The average Bonchev–Trinajstić information content (AvgIpc) is 2.62. The van der Waals surface area contributed by atoms with E-state index >= 15 is 0 Å². The maximum Gasteiger partial charge on any atom is 0.241 e. The number of para-hydroxylation sites is 1. The Morgan fingerprint density at radius 2 is 1.78 bits per heavy atom. The van der Waals surface area contributed by atoms with Gasteiger partial charge in [-0.2, -0.15) is 10.2 Å². The van der Waals surface area contributed by atoms with Crippen LogP contribution in [0.5, 0.6) is 11.6 Å². The number of anilines is 3. The maximum absolute atomic E-state index is 11.5. The number of nitrogens with two attached hydrogens (primary N) is 1. The van der Waals surface area contributed by atoms with Crippen LogP contribution in [0.2, 0.25) is 0 Å². The van der Waals surface area contributed by atoms with Crippen LogP contribution in [0.3, 0.4) is 0 Å². The largest absolute Gasteiger partial charge is 0.438 e. The Kier molecular flexibility index (Phi) is 4.96. The topological polar surface area (TPSA) is 118 Å². The number of aromatic nitrogens is 1. The molecule has 3 N–H and O–H groups in total. The number of nitrogens with one attached hydrogen (secondary N) is 1. The molecule has 3 rings (SSSR count). The van der Waals surface area contributed by atoms with Gasteiger partial charge in [-0.1, -0.05) is 18.2 Å². The lowest BCUT2D eigenvalue weighted by molar-refractivity contribution is 0.462. The van der Waals surface area contributed by atoms with E-state index in [0.717, 1.165) is 6.26 Å². The number of nitrogens with zero attached hydrogens (tertiary/aromatic N) is 2. The van der Waals surface area contributed by atoms with Crippen molar-refractivity contribution < 1.29 is 13.2 Å². The highest BCUT2D eigenvalue weighted by molar-refractivity contribution is 7.90. The molecular weight excluding hydrogens is 364 g/mol. The second-order valence-electron chi connectivity index (χ2n) is 5.73. The first-order valence-electron chi connectivity index (χ1n) is 7.87. The lowest BCUT2D eigenvalue weighted by Gasteiger charge is -2.12. The summed E-state index contributed by atoms with van der Waals surface area (Å²) < 4.78 is 28.8. The van der Waals surface area contributed by atoms with Gasteiger partial charge in [0.25, 0.3) is 0 Å². The molecule has 0 spiro atoms. The summed E-state index contributed by atoms with van der Waals surface area (Å²) in [6, 6.07) is 18.6. The molecule has 0 unspecified atom stereocenters. The molecule has 0 amide bonds. The fourth-order valence-corrected chi connectivity index (χ4v) is 2.95. The molecule has 136 valence electrons. The average molecular weight is 380 g/mol. The summed E-state index contributed by atoms with van der Waals surface area (Å²) in [5, 5.41) is 12.4. The third-order valence-corrected chi connectivity index (χ3v) is 4.77. The molecule has 7 nitrogen and oxygen atoms in total. The predicted molar refractivity (Wildman–Crippen MR) is 103 cm³/mol. The van der Waals surface area contributed by atoms with Gasteiger partial charge < -0.3 is 15.8 Å². The van der Waals surface area contributed by atoms with E-state index in [2.05, 4.69) is 10.3 Å². The third-order valence-electron chi connectivity index (χ3n) is 3.64.